The van der Waals surface area contributed by atoms with Crippen LogP contribution < -0.4 is 0 Å². The van der Waals surface area contributed by atoms with E-state index in [2.05, 4.69) is 44.0 Å². The Morgan fingerprint density at radius 1 is 1.14 bits per heavy atom. The number of aryl methyl sites for hydroxylation is 1. The van der Waals surface area contributed by atoms with Gasteiger partial charge in [-0.3, -0.25) is 0 Å². The summed E-state index contributed by atoms with van der Waals surface area (Å²) < 4.78 is 0. The fourth-order valence-electron chi connectivity index (χ4n) is 1.53. The molecule has 1 aromatic carbocycles. The first kappa shape index (κ1) is 10.9. The molecule has 1 rings (SSSR count). The molecule has 1 aromatic rings. The molecule has 0 atom stereocenters. The van der Waals surface area contributed by atoms with E-state index in [0.29, 0.717) is 0 Å². The van der Waals surface area contributed by atoms with Crippen LogP contribution in [0.5, 0.6) is 0 Å². The third kappa shape index (κ3) is 3.66. The largest absolute Gasteiger partial charge is 0.120 e. The van der Waals surface area contributed by atoms with Crippen LogP contribution >= 0.6 is 0 Å². The monoisotopic (exact) mass is 186 g/mol. The van der Waals surface area contributed by atoms with Gasteiger partial charge < -0.3 is 0 Å². The molecule has 0 heteroatoms. The SMILES string of the molecule is C#CCCc1ccc(CC(C)C)cc1. The van der Waals surface area contributed by atoms with E-state index in [1.54, 1.807) is 0 Å². The van der Waals surface area contributed by atoms with Crippen LogP contribution in [-0.4, -0.2) is 0 Å². The van der Waals surface area contributed by atoms with Gasteiger partial charge in [0, 0.05) is 6.42 Å². The predicted octanol–water partition coefficient (Wildman–Crippen LogP) is 3.45. The van der Waals surface area contributed by atoms with Crippen LogP contribution in [0.25, 0.3) is 0 Å². The van der Waals surface area contributed by atoms with E-state index < -0.39 is 0 Å². The van der Waals surface area contributed by atoms with Crippen molar-refractivity contribution in [3.63, 3.8) is 0 Å². The van der Waals surface area contributed by atoms with Gasteiger partial charge in [-0.25, -0.2) is 0 Å². The van der Waals surface area contributed by atoms with Crippen LogP contribution in [0, 0.1) is 18.3 Å². The third-order valence-electron chi connectivity index (χ3n) is 2.22. The van der Waals surface area contributed by atoms with Gasteiger partial charge in [0.1, 0.15) is 0 Å². The van der Waals surface area contributed by atoms with Gasteiger partial charge in [0.25, 0.3) is 0 Å². The van der Waals surface area contributed by atoms with Crippen molar-refractivity contribution in [2.75, 3.05) is 0 Å². The number of rotatable bonds is 4. The lowest BCUT2D eigenvalue weighted by Crippen LogP contribution is -1.94. The highest BCUT2D eigenvalue weighted by molar-refractivity contribution is 5.23. The van der Waals surface area contributed by atoms with Crippen molar-refractivity contribution in [2.45, 2.75) is 33.1 Å². The summed E-state index contributed by atoms with van der Waals surface area (Å²) in [7, 11) is 0. The minimum absolute atomic E-state index is 0.728. The quantitative estimate of drug-likeness (QED) is 0.632. The normalized spacial score (nSPS) is 10.1. The molecule has 0 nitrogen and oxygen atoms in total. The molecule has 0 aromatic heterocycles. The first-order valence-corrected chi connectivity index (χ1v) is 5.23. The molecule has 0 heterocycles. The highest BCUT2D eigenvalue weighted by Crippen LogP contribution is 2.10. The number of hydrogen-bond acceptors (Lipinski definition) is 0. The molecular weight excluding hydrogens is 168 g/mol. The van der Waals surface area contributed by atoms with Crippen molar-refractivity contribution in [3.8, 4) is 12.3 Å². The minimum Gasteiger partial charge on any atom is -0.120 e. The molecule has 0 saturated heterocycles. The zero-order valence-electron chi connectivity index (χ0n) is 9.09. The molecule has 0 aliphatic heterocycles. The maximum Gasteiger partial charge on any atom is 0.0127 e. The molecule has 0 saturated carbocycles. The zero-order valence-corrected chi connectivity index (χ0v) is 9.09. The summed E-state index contributed by atoms with van der Waals surface area (Å²) in [5, 5.41) is 0. The molecule has 0 N–H and O–H groups in total. The molecule has 74 valence electrons. The minimum atomic E-state index is 0.728. The second-order valence-corrected chi connectivity index (χ2v) is 4.12. The van der Waals surface area contributed by atoms with E-state index >= 15 is 0 Å². The van der Waals surface area contributed by atoms with Gasteiger partial charge in [0.05, 0.1) is 0 Å². The molecule has 0 spiro atoms. The zero-order chi connectivity index (χ0) is 10.4. The molecular formula is C14H18. The molecule has 0 fully saturated rings. The van der Waals surface area contributed by atoms with E-state index in [0.717, 1.165) is 25.2 Å². The fourth-order valence-corrected chi connectivity index (χ4v) is 1.53. The first-order valence-electron chi connectivity index (χ1n) is 5.23. The molecule has 0 bridgehead atoms. The lowest BCUT2D eigenvalue weighted by atomic mass is 10.0. The first-order chi connectivity index (χ1) is 6.72. The molecule has 0 aliphatic carbocycles. The Kier molecular flexibility index (Phi) is 4.26. The van der Waals surface area contributed by atoms with E-state index in [1.165, 1.54) is 11.1 Å². The van der Waals surface area contributed by atoms with E-state index in [-0.39, 0.29) is 0 Å². The second kappa shape index (κ2) is 5.50. The number of benzene rings is 1. The van der Waals surface area contributed by atoms with Gasteiger partial charge in [-0.1, -0.05) is 38.1 Å². The topological polar surface area (TPSA) is 0 Å². The Morgan fingerprint density at radius 2 is 1.71 bits per heavy atom. The molecule has 14 heavy (non-hydrogen) atoms. The summed E-state index contributed by atoms with van der Waals surface area (Å²) in [6, 6.07) is 8.81. The van der Waals surface area contributed by atoms with Gasteiger partial charge in [-0.05, 0) is 29.9 Å². The fraction of sp³-hybridized carbons (Fsp3) is 0.429. The summed E-state index contributed by atoms with van der Waals surface area (Å²) in [5.74, 6) is 3.39. The number of terminal acetylenes is 1. The Bertz CT molecular complexity index is 298. The van der Waals surface area contributed by atoms with Crippen LogP contribution in [0.1, 0.15) is 31.4 Å². The van der Waals surface area contributed by atoms with Gasteiger partial charge in [-0.2, -0.15) is 0 Å². The highest BCUT2D eigenvalue weighted by atomic mass is 14.0. The van der Waals surface area contributed by atoms with Gasteiger partial charge in [0.15, 0.2) is 0 Å². The Labute approximate surface area is 87.4 Å². The summed E-state index contributed by atoms with van der Waals surface area (Å²) >= 11 is 0. The van der Waals surface area contributed by atoms with Crippen molar-refractivity contribution in [2.24, 2.45) is 5.92 Å². The van der Waals surface area contributed by atoms with Crippen molar-refractivity contribution in [1.29, 1.82) is 0 Å². The van der Waals surface area contributed by atoms with Crippen molar-refractivity contribution < 1.29 is 0 Å². The maximum absolute atomic E-state index is 5.22. The third-order valence-corrected chi connectivity index (χ3v) is 2.22. The average molecular weight is 186 g/mol. The van der Waals surface area contributed by atoms with E-state index in [4.69, 9.17) is 6.42 Å². The molecule has 0 radical (unpaired) electrons. The predicted molar refractivity (Wildman–Crippen MR) is 62.1 cm³/mol. The van der Waals surface area contributed by atoms with Gasteiger partial charge in [-0.15, -0.1) is 12.3 Å². The molecule has 0 unspecified atom stereocenters. The van der Waals surface area contributed by atoms with Crippen LogP contribution in [-0.2, 0) is 12.8 Å². The summed E-state index contributed by atoms with van der Waals surface area (Å²) in [5.41, 5.74) is 2.76. The van der Waals surface area contributed by atoms with E-state index in [9.17, 15) is 0 Å². The average Bonchev–Trinajstić information content (AvgIpc) is 2.16. The lowest BCUT2D eigenvalue weighted by molar-refractivity contribution is 0.647. The maximum atomic E-state index is 5.22. The Hall–Kier alpha value is -1.22. The summed E-state index contributed by atoms with van der Waals surface area (Å²) in [6.45, 7) is 4.48. The summed E-state index contributed by atoms with van der Waals surface area (Å²) in [6.07, 6.45) is 8.22. The number of hydrogen-bond donors (Lipinski definition) is 0. The van der Waals surface area contributed by atoms with Crippen molar-refractivity contribution in [1.82, 2.24) is 0 Å². The van der Waals surface area contributed by atoms with Crippen molar-refractivity contribution >= 4 is 0 Å². The van der Waals surface area contributed by atoms with E-state index in [1.807, 2.05) is 0 Å². The standard InChI is InChI=1S/C14H18/c1-4-5-6-13-7-9-14(10-8-13)11-12(2)3/h1,7-10,12H,5-6,11H2,2-3H3. The lowest BCUT2D eigenvalue weighted by Gasteiger charge is -2.05. The second-order valence-electron chi connectivity index (χ2n) is 4.12. The molecule has 0 amide bonds. The van der Waals surface area contributed by atoms with Crippen LogP contribution in [0.4, 0.5) is 0 Å². The molecule has 0 aliphatic rings. The van der Waals surface area contributed by atoms with Crippen LogP contribution in [0.3, 0.4) is 0 Å². The van der Waals surface area contributed by atoms with Gasteiger partial charge in [0.2, 0.25) is 0 Å². The van der Waals surface area contributed by atoms with Gasteiger partial charge >= 0.3 is 0 Å². The van der Waals surface area contributed by atoms with Crippen molar-refractivity contribution in [3.05, 3.63) is 35.4 Å². The Balaban J connectivity index is 2.56. The summed E-state index contributed by atoms with van der Waals surface area (Å²) in [4.78, 5) is 0. The van der Waals surface area contributed by atoms with Crippen LogP contribution in [0.2, 0.25) is 0 Å². The smallest absolute Gasteiger partial charge is 0.0127 e. The van der Waals surface area contributed by atoms with Crippen LogP contribution in [0.15, 0.2) is 24.3 Å². The Morgan fingerprint density at radius 3 is 2.21 bits per heavy atom. The highest BCUT2D eigenvalue weighted by Gasteiger charge is 1.97.